The SMILES string of the molecule is Cc1c(NC(=O)c2ccnnc2)cnn1C1CCOC1. The van der Waals surface area contributed by atoms with Crippen LogP contribution in [0.2, 0.25) is 0 Å². The zero-order valence-electron chi connectivity index (χ0n) is 11.1. The Kier molecular flexibility index (Phi) is 3.42. The fraction of sp³-hybridized carbons (Fsp3) is 0.385. The Hall–Kier alpha value is -2.28. The lowest BCUT2D eigenvalue weighted by atomic mass is 10.2. The molecule has 0 aliphatic carbocycles. The quantitative estimate of drug-likeness (QED) is 0.908. The van der Waals surface area contributed by atoms with Crippen molar-refractivity contribution < 1.29 is 9.53 Å². The van der Waals surface area contributed by atoms with Crippen LogP contribution in [-0.4, -0.2) is 39.1 Å². The van der Waals surface area contributed by atoms with Crippen molar-refractivity contribution in [1.82, 2.24) is 20.0 Å². The van der Waals surface area contributed by atoms with Crippen LogP contribution in [0.1, 0.15) is 28.5 Å². The van der Waals surface area contributed by atoms with Gasteiger partial charge in [-0.1, -0.05) is 0 Å². The average Bonchev–Trinajstić information content (AvgIpc) is 3.11. The summed E-state index contributed by atoms with van der Waals surface area (Å²) in [6.45, 7) is 3.37. The molecule has 1 saturated heterocycles. The molecule has 104 valence electrons. The Labute approximate surface area is 116 Å². The molecule has 0 aromatic carbocycles. The molecular weight excluding hydrogens is 258 g/mol. The topological polar surface area (TPSA) is 81.9 Å². The van der Waals surface area contributed by atoms with Gasteiger partial charge in [-0.05, 0) is 19.4 Å². The lowest BCUT2D eigenvalue weighted by Crippen LogP contribution is -2.15. The zero-order valence-corrected chi connectivity index (χ0v) is 11.1. The van der Waals surface area contributed by atoms with E-state index in [9.17, 15) is 4.79 Å². The number of ether oxygens (including phenoxy) is 1. The van der Waals surface area contributed by atoms with Crippen molar-refractivity contribution in [1.29, 1.82) is 0 Å². The summed E-state index contributed by atoms with van der Waals surface area (Å²) in [5.74, 6) is -0.217. The normalized spacial score (nSPS) is 18.1. The summed E-state index contributed by atoms with van der Waals surface area (Å²) >= 11 is 0. The molecular formula is C13H15N5O2. The minimum Gasteiger partial charge on any atom is -0.379 e. The van der Waals surface area contributed by atoms with Crippen LogP contribution in [0.3, 0.4) is 0 Å². The molecule has 7 nitrogen and oxygen atoms in total. The number of aromatic nitrogens is 4. The Morgan fingerprint density at radius 2 is 2.35 bits per heavy atom. The fourth-order valence-electron chi connectivity index (χ4n) is 2.25. The number of hydrogen-bond acceptors (Lipinski definition) is 5. The maximum absolute atomic E-state index is 12.1. The van der Waals surface area contributed by atoms with Gasteiger partial charge in [0.15, 0.2) is 0 Å². The molecule has 1 aliphatic heterocycles. The molecule has 0 saturated carbocycles. The van der Waals surface area contributed by atoms with E-state index in [0.717, 1.165) is 18.7 Å². The van der Waals surface area contributed by atoms with Gasteiger partial charge < -0.3 is 10.1 Å². The number of carbonyl (C=O) groups excluding carboxylic acids is 1. The van der Waals surface area contributed by atoms with Crippen molar-refractivity contribution in [2.45, 2.75) is 19.4 Å². The molecule has 3 rings (SSSR count). The predicted molar refractivity (Wildman–Crippen MR) is 71.4 cm³/mol. The molecule has 1 unspecified atom stereocenters. The largest absolute Gasteiger partial charge is 0.379 e. The molecule has 1 amide bonds. The highest BCUT2D eigenvalue weighted by atomic mass is 16.5. The summed E-state index contributed by atoms with van der Waals surface area (Å²) in [7, 11) is 0. The molecule has 0 spiro atoms. The van der Waals surface area contributed by atoms with E-state index >= 15 is 0 Å². The Morgan fingerprint density at radius 3 is 3.05 bits per heavy atom. The number of rotatable bonds is 3. The van der Waals surface area contributed by atoms with E-state index in [4.69, 9.17) is 4.74 Å². The van der Waals surface area contributed by atoms with Gasteiger partial charge in [0.05, 0.1) is 48.2 Å². The summed E-state index contributed by atoms with van der Waals surface area (Å²) in [6, 6.07) is 1.87. The van der Waals surface area contributed by atoms with E-state index in [1.165, 1.54) is 12.4 Å². The first-order chi connectivity index (χ1) is 9.75. The van der Waals surface area contributed by atoms with E-state index in [1.807, 2.05) is 11.6 Å². The van der Waals surface area contributed by atoms with Gasteiger partial charge in [-0.25, -0.2) is 0 Å². The Balaban J connectivity index is 1.76. The molecule has 2 aromatic heterocycles. The second kappa shape index (κ2) is 5.38. The third kappa shape index (κ3) is 2.39. The monoisotopic (exact) mass is 273 g/mol. The molecule has 7 heteroatoms. The third-order valence-corrected chi connectivity index (χ3v) is 3.39. The molecule has 20 heavy (non-hydrogen) atoms. The van der Waals surface area contributed by atoms with Crippen LogP contribution in [0.4, 0.5) is 5.69 Å². The summed E-state index contributed by atoms with van der Waals surface area (Å²) in [5.41, 5.74) is 2.10. The van der Waals surface area contributed by atoms with Gasteiger partial charge in [0.25, 0.3) is 5.91 Å². The molecule has 0 bridgehead atoms. The lowest BCUT2D eigenvalue weighted by molar-refractivity contribution is 0.102. The highest BCUT2D eigenvalue weighted by Crippen LogP contribution is 2.24. The first-order valence-electron chi connectivity index (χ1n) is 6.45. The van der Waals surface area contributed by atoms with Gasteiger partial charge in [-0.2, -0.15) is 15.3 Å². The summed E-state index contributed by atoms with van der Waals surface area (Å²) in [5, 5.41) is 14.5. The van der Waals surface area contributed by atoms with Crippen LogP contribution in [0.25, 0.3) is 0 Å². The van der Waals surface area contributed by atoms with E-state index in [2.05, 4.69) is 20.6 Å². The van der Waals surface area contributed by atoms with Crippen molar-refractivity contribution >= 4 is 11.6 Å². The highest BCUT2D eigenvalue weighted by molar-refractivity contribution is 6.04. The van der Waals surface area contributed by atoms with Gasteiger partial charge in [-0.15, -0.1) is 0 Å². The summed E-state index contributed by atoms with van der Waals surface area (Å²) in [4.78, 5) is 12.1. The van der Waals surface area contributed by atoms with Crippen LogP contribution < -0.4 is 5.32 Å². The number of amides is 1. The fourth-order valence-corrected chi connectivity index (χ4v) is 2.25. The van der Waals surface area contributed by atoms with E-state index in [0.29, 0.717) is 17.9 Å². The van der Waals surface area contributed by atoms with Crippen LogP contribution in [0, 0.1) is 6.92 Å². The first-order valence-corrected chi connectivity index (χ1v) is 6.45. The molecule has 1 aliphatic rings. The van der Waals surface area contributed by atoms with Crippen molar-refractivity contribution in [2.75, 3.05) is 18.5 Å². The minimum atomic E-state index is -0.217. The number of nitrogens with one attached hydrogen (secondary N) is 1. The number of carbonyl (C=O) groups is 1. The van der Waals surface area contributed by atoms with E-state index in [-0.39, 0.29) is 11.9 Å². The third-order valence-electron chi connectivity index (χ3n) is 3.39. The predicted octanol–water partition coefficient (Wildman–Crippen LogP) is 1.20. The smallest absolute Gasteiger partial charge is 0.257 e. The molecule has 0 radical (unpaired) electrons. The molecule has 3 heterocycles. The second-order valence-electron chi connectivity index (χ2n) is 4.69. The van der Waals surface area contributed by atoms with Gasteiger partial charge in [0, 0.05) is 6.61 Å². The van der Waals surface area contributed by atoms with Crippen LogP contribution in [0.5, 0.6) is 0 Å². The zero-order chi connectivity index (χ0) is 13.9. The average molecular weight is 273 g/mol. The standard InChI is InChI=1S/C13H15N5O2/c1-9-12(7-16-18(9)11-3-5-20-8-11)17-13(19)10-2-4-14-15-6-10/h2,4,6-7,11H,3,5,8H2,1H3,(H,17,19). The second-order valence-corrected chi connectivity index (χ2v) is 4.69. The lowest BCUT2D eigenvalue weighted by Gasteiger charge is -2.11. The Bertz CT molecular complexity index is 604. The van der Waals surface area contributed by atoms with Gasteiger partial charge >= 0.3 is 0 Å². The minimum absolute atomic E-state index is 0.217. The summed E-state index contributed by atoms with van der Waals surface area (Å²) in [6.07, 6.45) is 5.53. The van der Waals surface area contributed by atoms with Crippen LogP contribution in [-0.2, 0) is 4.74 Å². The molecule has 1 fully saturated rings. The van der Waals surface area contributed by atoms with Crippen molar-refractivity contribution in [2.24, 2.45) is 0 Å². The van der Waals surface area contributed by atoms with Gasteiger partial charge in [0.2, 0.25) is 0 Å². The molecule has 1 N–H and O–H groups in total. The molecule has 2 aromatic rings. The van der Waals surface area contributed by atoms with Crippen LogP contribution >= 0.6 is 0 Å². The number of anilines is 1. The van der Waals surface area contributed by atoms with Gasteiger partial charge in [0.1, 0.15) is 0 Å². The Morgan fingerprint density at radius 1 is 1.45 bits per heavy atom. The van der Waals surface area contributed by atoms with Gasteiger partial charge in [-0.3, -0.25) is 9.48 Å². The highest BCUT2D eigenvalue weighted by Gasteiger charge is 2.21. The van der Waals surface area contributed by atoms with Crippen molar-refractivity contribution in [3.05, 3.63) is 35.9 Å². The first kappa shape index (κ1) is 12.7. The van der Waals surface area contributed by atoms with E-state index in [1.54, 1.807) is 12.3 Å². The number of hydrogen-bond donors (Lipinski definition) is 1. The molecule has 1 atom stereocenters. The van der Waals surface area contributed by atoms with Crippen LogP contribution in [0.15, 0.2) is 24.7 Å². The summed E-state index contributed by atoms with van der Waals surface area (Å²) < 4.78 is 7.27. The van der Waals surface area contributed by atoms with Crippen molar-refractivity contribution in [3.63, 3.8) is 0 Å². The number of nitrogens with zero attached hydrogens (tertiary/aromatic N) is 4. The van der Waals surface area contributed by atoms with Crippen molar-refractivity contribution in [3.8, 4) is 0 Å². The maximum Gasteiger partial charge on any atom is 0.257 e. The van der Waals surface area contributed by atoms with E-state index < -0.39 is 0 Å². The maximum atomic E-state index is 12.1.